The van der Waals surface area contributed by atoms with Gasteiger partial charge in [-0.1, -0.05) is 12.1 Å². The summed E-state index contributed by atoms with van der Waals surface area (Å²) in [6.45, 7) is 4.65. The number of ether oxygens (including phenoxy) is 3. The molecular weight excluding hydrogens is 480 g/mol. The summed E-state index contributed by atoms with van der Waals surface area (Å²) in [5, 5.41) is 9.45. The van der Waals surface area contributed by atoms with E-state index >= 15 is 0 Å². The number of benzene rings is 2. The average Bonchev–Trinajstić information content (AvgIpc) is 3.04. The average molecular weight is 519 g/mol. The molecular formula is C28H39ClN2O5. The minimum atomic E-state index is -0.0152. The third-order valence-electron chi connectivity index (χ3n) is 7.37. The molecule has 2 aromatic rings. The Morgan fingerprint density at radius 3 is 2.39 bits per heavy atom. The lowest BCUT2D eigenvalue weighted by atomic mass is 9.96. The molecule has 0 saturated carbocycles. The van der Waals surface area contributed by atoms with Gasteiger partial charge in [-0.15, -0.1) is 12.4 Å². The van der Waals surface area contributed by atoms with Crippen LogP contribution >= 0.6 is 12.4 Å². The second-order valence-electron chi connectivity index (χ2n) is 9.61. The lowest BCUT2D eigenvalue weighted by Crippen LogP contribution is -2.44. The summed E-state index contributed by atoms with van der Waals surface area (Å²) in [6.07, 6.45) is 4.51. The van der Waals surface area contributed by atoms with Crippen molar-refractivity contribution in [2.75, 3.05) is 54.1 Å². The Kier molecular flexibility index (Phi) is 10.3. The monoisotopic (exact) mass is 518 g/mol. The van der Waals surface area contributed by atoms with Gasteiger partial charge in [-0.25, -0.2) is 0 Å². The van der Waals surface area contributed by atoms with Crippen LogP contribution in [0.25, 0.3) is 0 Å². The highest BCUT2D eigenvalue weighted by Crippen LogP contribution is 2.33. The van der Waals surface area contributed by atoms with Crippen molar-refractivity contribution in [2.45, 2.75) is 38.7 Å². The van der Waals surface area contributed by atoms with E-state index in [1.54, 1.807) is 21.3 Å². The second-order valence-corrected chi connectivity index (χ2v) is 9.61. The number of fused-ring (bicyclic) bond motifs is 1. The molecule has 2 aliphatic heterocycles. The van der Waals surface area contributed by atoms with E-state index in [1.165, 1.54) is 11.1 Å². The van der Waals surface area contributed by atoms with Crippen molar-refractivity contribution < 1.29 is 24.1 Å². The number of hydrogen-bond acceptors (Lipinski definition) is 6. The van der Waals surface area contributed by atoms with E-state index in [1.807, 2.05) is 24.3 Å². The highest BCUT2D eigenvalue weighted by molar-refractivity contribution is 5.85. The Balaban J connectivity index is 0.00000361. The topological polar surface area (TPSA) is 71.5 Å². The molecule has 2 aliphatic rings. The Morgan fingerprint density at radius 1 is 0.972 bits per heavy atom. The molecule has 0 spiro atoms. The molecule has 0 radical (unpaired) electrons. The number of likely N-dealkylation sites (tertiary alicyclic amines) is 1. The number of hydrogen-bond donors (Lipinski definition) is 1. The van der Waals surface area contributed by atoms with Crippen molar-refractivity contribution in [3.8, 4) is 17.2 Å². The zero-order valence-electron chi connectivity index (χ0n) is 21.6. The van der Waals surface area contributed by atoms with Crippen LogP contribution in [-0.2, 0) is 30.7 Å². The smallest absolute Gasteiger partial charge is 0.227 e. The summed E-state index contributed by atoms with van der Waals surface area (Å²) in [5.74, 6) is 2.84. The molecule has 0 aromatic heterocycles. The minimum Gasteiger partial charge on any atom is -0.496 e. The number of carbonyl (C=O) groups is 1. The van der Waals surface area contributed by atoms with Crippen molar-refractivity contribution in [1.29, 1.82) is 0 Å². The van der Waals surface area contributed by atoms with Gasteiger partial charge in [-0.2, -0.15) is 0 Å². The van der Waals surface area contributed by atoms with Gasteiger partial charge in [0.25, 0.3) is 0 Å². The first-order chi connectivity index (χ1) is 17.0. The first-order valence-electron chi connectivity index (χ1n) is 12.5. The number of aliphatic hydroxyl groups excluding tert-OH is 1. The third-order valence-corrected chi connectivity index (χ3v) is 7.37. The van der Waals surface area contributed by atoms with Crippen molar-refractivity contribution in [3.63, 3.8) is 0 Å². The minimum absolute atomic E-state index is 0. The molecule has 1 fully saturated rings. The predicted octanol–water partition coefficient (Wildman–Crippen LogP) is 3.51. The summed E-state index contributed by atoms with van der Waals surface area (Å²) in [5.41, 5.74) is 4.25. The van der Waals surface area contributed by atoms with Gasteiger partial charge in [0.05, 0.1) is 34.4 Å². The van der Waals surface area contributed by atoms with E-state index in [0.717, 1.165) is 81.0 Å². The van der Waals surface area contributed by atoms with Crippen LogP contribution in [0.1, 0.15) is 35.1 Å². The van der Waals surface area contributed by atoms with Gasteiger partial charge < -0.3 is 29.1 Å². The van der Waals surface area contributed by atoms with Gasteiger partial charge in [-0.05, 0) is 73.0 Å². The Morgan fingerprint density at radius 2 is 1.69 bits per heavy atom. The number of amides is 1. The van der Waals surface area contributed by atoms with Crippen LogP contribution in [0.5, 0.6) is 17.2 Å². The van der Waals surface area contributed by atoms with E-state index in [9.17, 15) is 9.90 Å². The summed E-state index contributed by atoms with van der Waals surface area (Å²) < 4.78 is 16.3. The molecule has 1 amide bonds. The zero-order chi connectivity index (χ0) is 24.8. The van der Waals surface area contributed by atoms with Crippen LogP contribution in [0.2, 0.25) is 0 Å². The molecule has 1 N–H and O–H groups in total. The number of nitrogens with zero attached hydrogens (tertiary/aromatic N) is 2. The number of methoxy groups -OCH3 is 3. The van der Waals surface area contributed by atoms with Crippen LogP contribution in [0, 0.1) is 5.92 Å². The van der Waals surface area contributed by atoms with Gasteiger partial charge in [0.15, 0.2) is 11.5 Å². The summed E-state index contributed by atoms with van der Waals surface area (Å²) in [4.78, 5) is 17.7. The maximum absolute atomic E-state index is 13.1. The lowest BCUT2D eigenvalue weighted by molar-refractivity contribution is -0.131. The molecule has 0 bridgehead atoms. The molecule has 2 heterocycles. The van der Waals surface area contributed by atoms with Crippen LogP contribution in [0.3, 0.4) is 0 Å². The molecule has 1 atom stereocenters. The molecule has 1 saturated heterocycles. The number of rotatable bonds is 9. The predicted molar refractivity (Wildman–Crippen MR) is 143 cm³/mol. The summed E-state index contributed by atoms with van der Waals surface area (Å²) >= 11 is 0. The lowest BCUT2D eigenvalue weighted by Gasteiger charge is -2.35. The quantitative estimate of drug-likeness (QED) is 0.548. The maximum atomic E-state index is 13.1. The van der Waals surface area contributed by atoms with E-state index in [2.05, 4.69) is 15.9 Å². The molecule has 0 aliphatic carbocycles. The van der Waals surface area contributed by atoms with Gasteiger partial charge >= 0.3 is 0 Å². The summed E-state index contributed by atoms with van der Waals surface area (Å²) in [6, 6.07) is 10.0. The van der Waals surface area contributed by atoms with Crippen molar-refractivity contribution in [3.05, 3.63) is 52.6 Å². The molecule has 7 nitrogen and oxygen atoms in total. The normalized spacial score (nSPS) is 18.2. The largest absolute Gasteiger partial charge is 0.496 e. The number of piperidine rings is 1. The second kappa shape index (κ2) is 13.2. The fourth-order valence-electron chi connectivity index (χ4n) is 5.39. The molecule has 198 valence electrons. The fraction of sp³-hybridized carbons (Fsp3) is 0.536. The van der Waals surface area contributed by atoms with Crippen LogP contribution < -0.4 is 14.2 Å². The maximum Gasteiger partial charge on any atom is 0.227 e. The van der Waals surface area contributed by atoms with E-state index < -0.39 is 0 Å². The van der Waals surface area contributed by atoms with Crippen molar-refractivity contribution in [1.82, 2.24) is 9.80 Å². The Bertz CT molecular complexity index is 1030. The molecule has 4 rings (SSSR count). The third kappa shape index (κ3) is 6.64. The van der Waals surface area contributed by atoms with Crippen molar-refractivity contribution >= 4 is 18.3 Å². The SMILES string of the molecule is COc1cc(CCN2CCC[C@H](CN3CCc4cc(OC)c(OC)cc4CC3=O)C2)ccc1CO.Cl. The van der Waals surface area contributed by atoms with Gasteiger partial charge in [0.1, 0.15) is 5.75 Å². The number of aliphatic hydroxyl groups is 1. The standard InChI is InChI=1S/C28H38N2O5.ClH/c1-33-25-13-20(6-7-23(25)19-31)8-11-29-10-4-5-21(17-29)18-30-12-9-22-14-26(34-2)27(35-3)15-24(22)16-28(30)32;/h6-7,13-15,21,31H,4-5,8-12,16-19H2,1-3H3;1H/t21-;/m0./s1. The van der Waals surface area contributed by atoms with E-state index in [-0.39, 0.29) is 24.9 Å². The highest BCUT2D eigenvalue weighted by Gasteiger charge is 2.27. The van der Waals surface area contributed by atoms with Gasteiger partial charge in [0, 0.05) is 31.7 Å². The first kappa shape index (κ1) is 28.1. The molecule has 0 unspecified atom stereocenters. The molecule has 2 aromatic carbocycles. The van der Waals surface area contributed by atoms with E-state index in [4.69, 9.17) is 14.2 Å². The highest BCUT2D eigenvalue weighted by atomic mass is 35.5. The Labute approximate surface area is 220 Å². The van der Waals surface area contributed by atoms with Crippen molar-refractivity contribution in [2.24, 2.45) is 5.92 Å². The molecule has 8 heteroatoms. The Hall–Kier alpha value is -2.48. The van der Waals surface area contributed by atoms with Gasteiger partial charge in [-0.3, -0.25) is 4.79 Å². The van der Waals surface area contributed by atoms with E-state index in [0.29, 0.717) is 18.1 Å². The first-order valence-corrected chi connectivity index (χ1v) is 12.5. The van der Waals surface area contributed by atoms with Crippen LogP contribution in [0.15, 0.2) is 30.3 Å². The fourth-order valence-corrected chi connectivity index (χ4v) is 5.39. The summed E-state index contributed by atoms with van der Waals surface area (Å²) in [7, 11) is 4.92. The number of halogens is 1. The number of carbonyl (C=O) groups excluding carboxylic acids is 1. The molecule has 36 heavy (non-hydrogen) atoms. The van der Waals surface area contributed by atoms with Crippen LogP contribution in [0.4, 0.5) is 0 Å². The van der Waals surface area contributed by atoms with Crippen LogP contribution in [-0.4, -0.2) is 74.9 Å². The van der Waals surface area contributed by atoms with Gasteiger partial charge in [0.2, 0.25) is 5.91 Å². The zero-order valence-corrected chi connectivity index (χ0v) is 22.4.